The Morgan fingerprint density at radius 1 is 1.17 bits per heavy atom. The lowest BCUT2D eigenvalue weighted by atomic mass is 10.0. The standard InChI is InChI=1S/C19H19N3O2/c23-18-9-10-21(12-15-6-1-3-7-16(15)18)19(24)13-22-17-8-4-2-5-14(17)11-20-22/h1-8,11,18,23H,9-10,12-13H2. The van der Waals surface area contributed by atoms with Crippen LogP contribution in [0.1, 0.15) is 23.7 Å². The molecule has 4 rings (SSSR count). The number of benzene rings is 2. The molecule has 0 fully saturated rings. The summed E-state index contributed by atoms with van der Waals surface area (Å²) in [4.78, 5) is 14.6. The van der Waals surface area contributed by atoms with Crippen LogP contribution in [0.3, 0.4) is 0 Å². The quantitative estimate of drug-likeness (QED) is 0.789. The van der Waals surface area contributed by atoms with Crippen LogP contribution in [0.5, 0.6) is 0 Å². The highest BCUT2D eigenvalue weighted by atomic mass is 16.3. The van der Waals surface area contributed by atoms with E-state index in [1.807, 2.05) is 53.4 Å². The van der Waals surface area contributed by atoms with Crippen molar-refractivity contribution in [2.45, 2.75) is 25.6 Å². The Morgan fingerprint density at radius 3 is 2.88 bits per heavy atom. The Morgan fingerprint density at radius 2 is 1.96 bits per heavy atom. The second kappa shape index (κ2) is 6.09. The Balaban J connectivity index is 1.57. The molecule has 0 bridgehead atoms. The van der Waals surface area contributed by atoms with E-state index in [0.717, 1.165) is 22.0 Å². The number of rotatable bonds is 2. The van der Waals surface area contributed by atoms with E-state index >= 15 is 0 Å². The van der Waals surface area contributed by atoms with Gasteiger partial charge in [0.25, 0.3) is 0 Å². The zero-order valence-corrected chi connectivity index (χ0v) is 13.3. The molecule has 1 aliphatic heterocycles. The number of aliphatic hydroxyl groups is 1. The SMILES string of the molecule is O=C(Cn1ncc2ccccc21)N1CCC(O)c2ccccc2C1. The fraction of sp³-hybridized carbons (Fsp3) is 0.263. The van der Waals surface area contributed by atoms with Crippen molar-refractivity contribution in [1.29, 1.82) is 0 Å². The largest absolute Gasteiger partial charge is 0.388 e. The zero-order valence-electron chi connectivity index (χ0n) is 13.3. The van der Waals surface area contributed by atoms with Crippen molar-refractivity contribution in [2.24, 2.45) is 0 Å². The van der Waals surface area contributed by atoms with Crippen LogP contribution in [0.4, 0.5) is 0 Å². The van der Waals surface area contributed by atoms with Gasteiger partial charge in [0.15, 0.2) is 0 Å². The smallest absolute Gasteiger partial charge is 0.244 e. The molecule has 1 aromatic heterocycles. The second-order valence-corrected chi connectivity index (χ2v) is 6.18. The normalized spacial score (nSPS) is 17.5. The third kappa shape index (κ3) is 2.67. The topological polar surface area (TPSA) is 58.4 Å². The van der Waals surface area contributed by atoms with Crippen molar-refractivity contribution in [1.82, 2.24) is 14.7 Å². The number of para-hydroxylation sites is 1. The van der Waals surface area contributed by atoms with Gasteiger partial charge in [-0.1, -0.05) is 42.5 Å². The molecule has 5 heteroatoms. The average molecular weight is 321 g/mol. The number of carbonyl (C=O) groups is 1. The van der Waals surface area contributed by atoms with E-state index < -0.39 is 6.10 Å². The van der Waals surface area contributed by atoms with E-state index in [9.17, 15) is 9.90 Å². The van der Waals surface area contributed by atoms with Crippen molar-refractivity contribution in [3.63, 3.8) is 0 Å². The molecule has 24 heavy (non-hydrogen) atoms. The molecule has 0 aliphatic carbocycles. The van der Waals surface area contributed by atoms with Gasteiger partial charge in [-0.05, 0) is 23.6 Å². The van der Waals surface area contributed by atoms with Crippen LogP contribution < -0.4 is 0 Å². The summed E-state index contributed by atoms with van der Waals surface area (Å²) in [7, 11) is 0. The summed E-state index contributed by atoms with van der Waals surface area (Å²) in [5.74, 6) is 0.0211. The van der Waals surface area contributed by atoms with Gasteiger partial charge in [0.2, 0.25) is 5.91 Å². The third-order valence-corrected chi connectivity index (χ3v) is 4.64. The molecular weight excluding hydrogens is 302 g/mol. The lowest BCUT2D eigenvalue weighted by Crippen LogP contribution is -2.33. The van der Waals surface area contributed by atoms with Gasteiger partial charge >= 0.3 is 0 Å². The summed E-state index contributed by atoms with van der Waals surface area (Å²) < 4.78 is 1.74. The lowest BCUT2D eigenvalue weighted by molar-refractivity contribution is -0.132. The molecule has 2 aromatic carbocycles. The summed E-state index contributed by atoms with van der Waals surface area (Å²) >= 11 is 0. The van der Waals surface area contributed by atoms with E-state index in [1.54, 1.807) is 10.9 Å². The van der Waals surface area contributed by atoms with Crippen LogP contribution in [-0.4, -0.2) is 32.2 Å². The van der Waals surface area contributed by atoms with Crippen molar-refractivity contribution in [3.8, 4) is 0 Å². The van der Waals surface area contributed by atoms with Crippen LogP contribution >= 0.6 is 0 Å². The second-order valence-electron chi connectivity index (χ2n) is 6.18. The lowest BCUT2D eigenvalue weighted by Gasteiger charge is -2.21. The van der Waals surface area contributed by atoms with Crippen LogP contribution in [-0.2, 0) is 17.9 Å². The molecule has 1 aliphatic rings. The van der Waals surface area contributed by atoms with Crippen LogP contribution in [0.15, 0.2) is 54.7 Å². The first kappa shape index (κ1) is 14.9. The highest BCUT2D eigenvalue weighted by Crippen LogP contribution is 2.26. The Labute approximate surface area is 140 Å². The first-order chi connectivity index (χ1) is 11.7. The first-order valence-corrected chi connectivity index (χ1v) is 8.16. The van der Waals surface area contributed by atoms with E-state index in [2.05, 4.69) is 5.10 Å². The van der Waals surface area contributed by atoms with Crippen LogP contribution in [0.25, 0.3) is 10.9 Å². The Bertz CT molecular complexity index is 887. The van der Waals surface area contributed by atoms with Gasteiger partial charge in [-0.25, -0.2) is 0 Å². The monoisotopic (exact) mass is 321 g/mol. The van der Waals surface area contributed by atoms with E-state index in [-0.39, 0.29) is 12.5 Å². The van der Waals surface area contributed by atoms with Gasteiger partial charge in [0.05, 0.1) is 17.8 Å². The van der Waals surface area contributed by atoms with E-state index in [0.29, 0.717) is 19.5 Å². The van der Waals surface area contributed by atoms with Gasteiger partial charge in [0, 0.05) is 18.5 Å². The molecule has 1 amide bonds. The fourth-order valence-electron chi connectivity index (χ4n) is 3.31. The average Bonchev–Trinajstić information content (AvgIpc) is 2.93. The number of nitrogens with zero attached hydrogens (tertiary/aromatic N) is 3. The Hall–Kier alpha value is -2.66. The number of aliphatic hydroxyl groups excluding tert-OH is 1. The zero-order chi connectivity index (χ0) is 16.5. The summed E-state index contributed by atoms with van der Waals surface area (Å²) in [6.45, 7) is 1.30. The molecule has 1 atom stereocenters. The minimum absolute atomic E-state index is 0.0211. The first-order valence-electron chi connectivity index (χ1n) is 8.16. The van der Waals surface area contributed by atoms with E-state index in [1.165, 1.54) is 0 Å². The summed E-state index contributed by atoms with van der Waals surface area (Å²) in [6.07, 6.45) is 1.83. The Kier molecular flexibility index (Phi) is 3.78. The third-order valence-electron chi connectivity index (χ3n) is 4.64. The number of fused-ring (bicyclic) bond motifs is 2. The molecule has 3 aromatic rings. The number of carbonyl (C=O) groups excluding carboxylic acids is 1. The number of hydrogen-bond donors (Lipinski definition) is 1. The summed E-state index contributed by atoms with van der Waals surface area (Å²) in [5, 5.41) is 15.6. The van der Waals surface area contributed by atoms with Crippen molar-refractivity contribution in [2.75, 3.05) is 6.54 Å². The van der Waals surface area contributed by atoms with Crippen LogP contribution in [0, 0.1) is 0 Å². The molecule has 122 valence electrons. The maximum atomic E-state index is 12.8. The molecule has 5 nitrogen and oxygen atoms in total. The molecule has 2 heterocycles. The van der Waals surface area contributed by atoms with E-state index in [4.69, 9.17) is 0 Å². The minimum atomic E-state index is -0.510. The maximum Gasteiger partial charge on any atom is 0.244 e. The number of aromatic nitrogens is 2. The fourth-order valence-corrected chi connectivity index (χ4v) is 3.31. The molecule has 0 saturated carbocycles. The van der Waals surface area contributed by atoms with Gasteiger partial charge in [-0.2, -0.15) is 5.10 Å². The van der Waals surface area contributed by atoms with Gasteiger partial charge in [-0.15, -0.1) is 0 Å². The molecule has 1 unspecified atom stereocenters. The number of amides is 1. The van der Waals surface area contributed by atoms with Gasteiger partial charge < -0.3 is 10.0 Å². The van der Waals surface area contributed by atoms with Crippen molar-refractivity contribution in [3.05, 3.63) is 65.9 Å². The number of hydrogen-bond acceptors (Lipinski definition) is 3. The molecule has 1 N–H and O–H groups in total. The summed E-state index contributed by atoms with van der Waals surface area (Å²) in [6, 6.07) is 15.7. The predicted octanol–water partition coefficient (Wildman–Crippen LogP) is 2.50. The molecule has 0 saturated heterocycles. The molecule has 0 spiro atoms. The minimum Gasteiger partial charge on any atom is -0.388 e. The molecule has 0 radical (unpaired) electrons. The predicted molar refractivity (Wildman–Crippen MR) is 91.2 cm³/mol. The maximum absolute atomic E-state index is 12.8. The van der Waals surface area contributed by atoms with Crippen LogP contribution in [0.2, 0.25) is 0 Å². The highest BCUT2D eigenvalue weighted by Gasteiger charge is 2.23. The van der Waals surface area contributed by atoms with Gasteiger partial charge in [0.1, 0.15) is 6.54 Å². The van der Waals surface area contributed by atoms with Crippen molar-refractivity contribution >= 4 is 16.8 Å². The van der Waals surface area contributed by atoms with Gasteiger partial charge in [-0.3, -0.25) is 9.48 Å². The summed E-state index contributed by atoms with van der Waals surface area (Å²) in [5.41, 5.74) is 2.90. The highest BCUT2D eigenvalue weighted by molar-refractivity contribution is 5.82. The molecular formula is C19H19N3O2. The van der Waals surface area contributed by atoms with Crippen molar-refractivity contribution < 1.29 is 9.90 Å².